The highest BCUT2D eigenvalue weighted by molar-refractivity contribution is 5.61. The molecule has 1 aromatic carbocycles. The Balaban J connectivity index is 1.34. The topological polar surface area (TPSA) is 15.3 Å². The minimum atomic E-state index is 0.426. The van der Waals surface area contributed by atoms with Crippen molar-refractivity contribution in [1.29, 1.82) is 0 Å². The normalized spacial score (nSPS) is 35.8. The van der Waals surface area contributed by atoms with Crippen molar-refractivity contribution in [2.45, 2.75) is 56.9 Å². The predicted octanol–water partition coefficient (Wildman–Crippen LogP) is 3.94. The molecule has 1 N–H and O–H groups in total. The summed E-state index contributed by atoms with van der Waals surface area (Å²) in [7, 11) is 0. The first-order valence-corrected chi connectivity index (χ1v) is 9.33. The Morgan fingerprint density at radius 2 is 2.00 bits per heavy atom. The van der Waals surface area contributed by atoms with Crippen LogP contribution >= 0.6 is 0 Å². The van der Waals surface area contributed by atoms with Crippen LogP contribution in [-0.4, -0.2) is 30.6 Å². The Kier molecular flexibility index (Phi) is 2.89. The molecule has 2 aliphatic carbocycles. The highest BCUT2D eigenvalue weighted by Crippen LogP contribution is 2.49. The van der Waals surface area contributed by atoms with Crippen molar-refractivity contribution >= 4 is 5.69 Å². The molecule has 1 saturated heterocycles. The summed E-state index contributed by atoms with van der Waals surface area (Å²) in [6.07, 6.45) is 8.78. The quantitative estimate of drug-likeness (QED) is 0.844. The van der Waals surface area contributed by atoms with Crippen molar-refractivity contribution in [3.8, 4) is 0 Å². The molecule has 2 heteroatoms. The SMILES string of the molecule is Cc1ccc2c(c1)C1(CCN([C@@H]3C[C@@H]4CC[C@@H]3C4)CC1)CN2. The smallest absolute Gasteiger partial charge is 0.0379 e. The van der Waals surface area contributed by atoms with Crippen LogP contribution in [-0.2, 0) is 5.41 Å². The summed E-state index contributed by atoms with van der Waals surface area (Å²) >= 11 is 0. The number of hydrogen-bond acceptors (Lipinski definition) is 2. The van der Waals surface area contributed by atoms with Crippen molar-refractivity contribution in [2.24, 2.45) is 11.8 Å². The number of piperidine rings is 1. The molecule has 2 bridgehead atoms. The van der Waals surface area contributed by atoms with Gasteiger partial charge >= 0.3 is 0 Å². The number of fused-ring (bicyclic) bond motifs is 4. The van der Waals surface area contributed by atoms with Gasteiger partial charge in [0.25, 0.3) is 0 Å². The highest BCUT2D eigenvalue weighted by Gasteiger charge is 2.46. The van der Waals surface area contributed by atoms with Gasteiger partial charge in [0.2, 0.25) is 0 Å². The second-order valence-corrected chi connectivity index (χ2v) is 8.46. The van der Waals surface area contributed by atoms with Gasteiger partial charge in [0.1, 0.15) is 0 Å². The van der Waals surface area contributed by atoms with E-state index in [0.29, 0.717) is 5.41 Å². The van der Waals surface area contributed by atoms with Crippen LogP contribution < -0.4 is 5.32 Å². The molecular formula is C20H28N2. The lowest BCUT2D eigenvalue weighted by Gasteiger charge is -2.44. The van der Waals surface area contributed by atoms with Gasteiger partial charge in [-0.2, -0.15) is 0 Å². The molecule has 2 aliphatic heterocycles. The molecule has 5 rings (SSSR count). The Bertz CT molecular complexity index is 585. The molecule has 2 heterocycles. The first-order valence-electron chi connectivity index (χ1n) is 9.33. The maximum absolute atomic E-state index is 3.68. The fraction of sp³-hybridized carbons (Fsp3) is 0.700. The summed E-state index contributed by atoms with van der Waals surface area (Å²) in [4.78, 5) is 2.86. The van der Waals surface area contributed by atoms with E-state index < -0.39 is 0 Å². The summed E-state index contributed by atoms with van der Waals surface area (Å²) in [5.41, 5.74) is 4.85. The van der Waals surface area contributed by atoms with Gasteiger partial charge in [-0.3, -0.25) is 0 Å². The van der Waals surface area contributed by atoms with E-state index in [9.17, 15) is 0 Å². The number of nitrogens with zero attached hydrogens (tertiary/aromatic N) is 1. The van der Waals surface area contributed by atoms with E-state index in [4.69, 9.17) is 0 Å². The second kappa shape index (κ2) is 4.74. The lowest BCUT2D eigenvalue weighted by molar-refractivity contribution is 0.0887. The Morgan fingerprint density at radius 1 is 1.14 bits per heavy atom. The monoisotopic (exact) mass is 296 g/mol. The molecule has 3 fully saturated rings. The largest absolute Gasteiger partial charge is 0.384 e. The van der Waals surface area contributed by atoms with Crippen LogP contribution in [0.3, 0.4) is 0 Å². The van der Waals surface area contributed by atoms with Gasteiger partial charge in [-0.05, 0) is 75.6 Å². The predicted molar refractivity (Wildman–Crippen MR) is 91.4 cm³/mol. The molecule has 22 heavy (non-hydrogen) atoms. The van der Waals surface area contributed by atoms with E-state index in [1.807, 2.05) is 0 Å². The molecule has 0 aromatic heterocycles. The molecule has 4 aliphatic rings. The summed E-state index contributed by atoms with van der Waals surface area (Å²) in [5.74, 6) is 2.11. The van der Waals surface area contributed by atoms with E-state index in [1.54, 1.807) is 5.56 Å². The van der Waals surface area contributed by atoms with Crippen molar-refractivity contribution in [1.82, 2.24) is 4.90 Å². The molecule has 3 atom stereocenters. The highest BCUT2D eigenvalue weighted by atomic mass is 15.2. The van der Waals surface area contributed by atoms with Gasteiger partial charge in [-0.25, -0.2) is 0 Å². The Labute approximate surface area is 134 Å². The van der Waals surface area contributed by atoms with Crippen LogP contribution in [0.15, 0.2) is 18.2 Å². The average Bonchev–Trinajstić information content (AvgIpc) is 3.24. The average molecular weight is 296 g/mol. The summed E-state index contributed by atoms with van der Waals surface area (Å²) < 4.78 is 0. The number of anilines is 1. The molecule has 1 spiro atoms. The van der Waals surface area contributed by atoms with E-state index >= 15 is 0 Å². The standard InChI is InChI=1S/C20H28N2/c1-14-2-5-18-17(10-14)20(13-21-18)6-8-22(9-7-20)19-12-15-3-4-16(19)11-15/h2,5,10,15-16,19,21H,3-4,6-9,11-13H2,1H3/t15-,16-,19-/m1/s1. The van der Waals surface area contributed by atoms with Gasteiger partial charge in [0, 0.05) is 23.7 Å². The lowest BCUT2D eigenvalue weighted by Crippen LogP contribution is -2.49. The molecule has 0 radical (unpaired) electrons. The fourth-order valence-electron chi connectivity index (χ4n) is 6.00. The fourth-order valence-corrected chi connectivity index (χ4v) is 6.00. The molecular weight excluding hydrogens is 268 g/mol. The first kappa shape index (κ1) is 13.4. The van der Waals surface area contributed by atoms with Crippen molar-refractivity contribution in [2.75, 3.05) is 25.0 Å². The number of likely N-dealkylation sites (tertiary alicyclic amines) is 1. The van der Waals surface area contributed by atoms with Crippen LogP contribution in [0.25, 0.3) is 0 Å². The van der Waals surface area contributed by atoms with Crippen molar-refractivity contribution < 1.29 is 0 Å². The number of nitrogens with one attached hydrogen (secondary N) is 1. The molecule has 2 saturated carbocycles. The zero-order valence-corrected chi connectivity index (χ0v) is 13.8. The third kappa shape index (κ3) is 1.89. The molecule has 118 valence electrons. The van der Waals surface area contributed by atoms with Gasteiger partial charge in [0.15, 0.2) is 0 Å². The number of benzene rings is 1. The van der Waals surface area contributed by atoms with E-state index in [1.165, 1.54) is 62.9 Å². The van der Waals surface area contributed by atoms with E-state index in [2.05, 4.69) is 35.3 Å². The van der Waals surface area contributed by atoms with Gasteiger partial charge in [-0.15, -0.1) is 0 Å². The van der Waals surface area contributed by atoms with Crippen LogP contribution in [0.5, 0.6) is 0 Å². The van der Waals surface area contributed by atoms with Gasteiger partial charge < -0.3 is 10.2 Å². The van der Waals surface area contributed by atoms with E-state index in [0.717, 1.165) is 24.4 Å². The molecule has 2 nitrogen and oxygen atoms in total. The zero-order valence-electron chi connectivity index (χ0n) is 13.8. The Morgan fingerprint density at radius 3 is 2.73 bits per heavy atom. The second-order valence-electron chi connectivity index (χ2n) is 8.46. The molecule has 0 unspecified atom stereocenters. The van der Waals surface area contributed by atoms with Crippen LogP contribution in [0.4, 0.5) is 5.69 Å². The van der Waals surface area contributed by atoms with Crippen LogP contribution in [0.2, 0.25) is 0 Å². The van der Waals surface area contributed by atoms with E-state index in [-0.39, 0.29) is 0 Å². The van der Waals surface area contributed by atoms with Crippen LogP contribution in [0, 0.1) is 18.8 Å². The maximum atomic E-state index is 3.68. The van der Waals surface area contributed by atoms with Crippen molar-refractivity contribution in [3.05, 3.63) is 29.3 Å². The number of rotatable bonds is 1. The Hall–Kier alpha value is -1.02. The number of hydrogen-bond donors (Lipinski definition) is 1. The zero-order chi connectivity index (χ0) is 14.7. The molecule has 1 aromatic rings. The lowest BCUT2D eigenvalue weighted by atomic mass is 9.73. The first-order chi connectivity index (χ1) is 10.7. The third-order valence-electron chi connectivity index (χ3n) is 7.29. The summed E-state index contributed by atoms with van der Waals surface area (Å²) in [6.45, 7) is 6.04. The molecule has 0 amide bonds. The summed E-state index contributed by atoms with van der Waals surface area (Å²) in [5, 5.41) is 3.68. The summed E-state index contributed by atoms with van der Waals surface area (Å²) in [6, 6.07) is 7.92. The van der Waals surface area contributed by atoms with Gasteiger partial charge in [0.05, 0.1) is 0 Å². The van der Waals surface area contributed by atoms with Gasteiger partial charge in [-0.1, -0.05) is 24.1 Å². The minimum Gasteiger partial charge on any atom is -0.384 e. The van der Waals surface area contributed by atoms with Crippen molar-refractivity contribution in [3.63, 3.8) is 0 Å². The minimum absolute atomic E-state index is 0.426. The van der Waals surface area contributed by atoms with Crippen LogP contribution in [0.1, 0.15) is 49.7 Å². The third-order valence-corrected chi connectivity index (χ3v) is 7.29. The maximum Gasteiger partial charge on any atom is 0.0379 e. The number of aryl methyl sites for hydroxylation is 1.